The summed E-state index contributed by atoms with van der Waals surface area (Å²) in [5.74, 6) is -0.571. The van der Waals surface area contributed by atoms with Gasteiger partial charge in [0.1, 0.15) is 5.75 Å². The zero-order valence-corrected chi connectivity index (χ0v) is 16.2. The lowest BCUT2D eigenvalue weighted by Crippen LogP contribution is -2.41. The van der Waals surface area contributed by atoms with Crippen molar-refractivity contribution in [1.29, 1.82) is 0 Å². The van der Waals surface area contributed by atoms with E-state index in [-0.39, 0.29) is 18.2 Å². The number of para-hydroxylation sites is 1. The number of carbonyl (C=O) groups excluding carboxylic acids is 3. The zero-order chi connectivity index (χ0) is 20.4. The van der Waals surface area contributed by atoms with Gasteiger partial charge in [0.15, 0.2) is 0 Å². The van der Waals surface area contributed by atoms with Crippen LogP contribution in [0, 0.1) is 0 Å². The number of hydrazine groups is 1. The minimum atomic E-state index is -0.461. The quantitative estimate of drug-likeness (QED) is 0.466. The highest BCUT2D eigenvalue weighted by Gasteiger charge is 2.12. The van der Waals surface area contributed by atoms with Gasteiger partial charge in [-0.05, 0) is 43.7 Å². The van der Waals surface area contributed by atoms with E-state index < -0.39 is 5.91 Å². The molecule has 0 aliphatic heterocycles. The number of hydrogen-bond acceptors (Lipinski definition) is 4. The van der Waals surface area contributed by atoms with Crippen molar-refractivity contribution in [3.05, 3.63) is 64.7 Å². The fourth-order valence-corrected chi connectivity index (χ4v) is 2.56. The summed E-state index contributed by atoms with van der Waals surface area (Å²) in [4.78, 5) is 35.9. The van der Waals surface area contributed by atoms with Crippen molar-refractivity contribution in [1.82, 2.24) is 16.2 Å². The topological polar surface area (TPSA) is 96.5 Å². The van der Waals surface area contributed by atoms with E-state index >= 15 is 0 Å². The summed E-state index contributed by atoms with van der Waals surface area (Å²) in [7, 11) is 0. The average molecular weight is 404 g/mol. The minimum Gasteiger partial charge on any atom is -0.493 e. The fraction of sp³-hybridized carbons (Fsp3) is 0.250. The molecule has 0 aliphatic rings. The molecule has 8 heteroatoms. The Labute approximate surface area is 168 Å². The second-order valence-electron chi connectivity index (χ2n) is 5.80. The van der Waals surface area contributed by atoms with Gasteiger partial charge < -0.3 is 10.1 Å². The molecule has 0 radical (unpaired) electrons. The smallest absolute Gasteiger partial charge is 0.269 e. The first-order valence-electron chi connectivity index (χ1n) is 8.86. The van der Waals surface area contributed by atoms with Crippen LogP contribution in [-0.2, 0) is 4.79 Å². The largest absolute Gasteiger partial charge is 0.493 e. The van der Waals surface area contributed by atoms with Crippen LogP contribution in [0.3, 0.4) is 0 Å². The predicted octanol–water partition coefficient (Wildman–Crippen LogP) is 2.71. The lowest BCUT2D eigenvalue weighted by molar-refractivity contribution is -0.121. The van der Waals surface area contributed by atoms with Crippen LogP contribution in [0.1, 0.15) is 40.5 Å². The lowest BCUT2D eigenvalue weighted by atomic mass is 10.2. The predicted molar refractivity (Wildman–Crippen MR) is 106 cm³/mol. The van der Waals surface area contributed by atoms with E-state index in [1.54, 1.807) is 42.5 Å². The van der Waals surface area contributed by atoms with Gasteiger partial charge in [0.05, 0.1) is 12.2 Å². The number of nitrogens with one attached hydrogen (secondary N) is 3. The first-order chi connectivity index (χ1) is 13.5. The van der Waals surface area contributed by atoms with Gasteiger partial charge in [0.25, 0.3) is 11.8 Å². The molecule has 0 aliphatic carbocycles. The number of halogens is 1. The van der Waals surface area contributed by atoms with Crippen LogP contribution in [0.4, 0.5) is 0 Å². The van der Waals surface area contributed by atoms with E-state index in [9.17, 15) is 14.4 Å². The van der Waals surface area contributed by atoms with E-state index in [2.05, 4.69) is 16.2 Å². The van der Waals surface area contributed by atoms with E-state index in [1.807, 2.05) is 6.92 Å². The summed E-state index contributed by atoms with van der Waals surface area (Å²) < 4.78 is 5.43. The molecule has 0 saturated heterocycles. The normalized spacial score (nSPS) is 10.1. The maximum absolute atomic E-state index is 12.2. The van der Waals surface area contributed by atoms with Crippen molar-refractivity contribution in [2.75, 3.05) is 13.2 Å². The van der Waals surface area contributed by atoms with Crippen LogP contribution in [0.5, 0.6) is 5.75 Å². The Morgan fingerprint density at radius 2 is 1.79 bits per heavy atom. The molecule has 0 fully saturated rings. The Balaban J connectivity index is 1.70. The van der Waals surface area contributed by atoms with Gasteiger partial charge in [-0.1, -0.05) is 29.8 Å². The second-order valence-corrected chi connectivity index (χ2v) is 6.24. The molecule has 2 aromatic rings. The summed E-state index contributed by atoms with van der Waals surface area (Å²) in [5, 5.41) is 3.18. The van der Waals surface area contributed by atoms with Gasteiger partial charge in [-0.3, -0.25) is 25.2 Å². The van der Waals surface area contributed by atoms with Crippen LogP contribution in [0.2, 0.25) is 5.02 Å². The first kappa shape index (κ1) is 21.2. The highest BCUT2D eigenvalue weighted by molar-refractivity contribution is 6.30. The van der Waals surface area contributed by atoms with Gasteiger partial charge in [0.2, 0.25) is 5.91 Å². The minimum absolute atomic E-state index is 0.142. The monoisotopic (exact) mass is 403 g/mol. The molecular formula is C20H22ClN3O4. The van der Waals surface area contributed by atoms with Crippen LogP contribution >= 0.6 is 11.6 Å². The standard InChI is InChI=1S/C20H22ClN3O4/c1-2-28-17-10-4-3-9-16(17)20(27)22-12-6-11-18(25)23-24-19(26)14-7-5-8-15(21)13-14/h3-5,7-10,13H,2,6,11-12H2,1H3,(H,22,27)(H,23,25)(H,24,26). The van der Waals surface area contributed by atoms with Gasteiger partial charge in [0, 0.05) is 23.6 Å². The van der Waals surface area contributed by atoms with Gasteiger partial charge >= 0.3 is 0 Å². The van der Waals surface area contributed by atoms with Crippen molar-refractivity contribution in [2.24, 2.45) is 0 Å². The summed E-state index contributed by atoms with van der Waals surface area (Å²) in [6, 6.07) is 13.3. The third-order valence-electron chi connectivity index (χ3n) is 3.70. The molecule has 0 spiro atoms. The highest BCUT2D eigenvalue weighted by Crippen LogP contribution is 2.17. The molecule has 7 nitrogen and oxygen atoms in total. The first-order valence-corrected chi connectivity index (χ1v) is 9.24. The maximum atomic E-state index is 12.2. The summed E-state index contributed by atoms with van der Waals surface area (Å²) >= 11 is 5.82. The molecule has 2 aromatic carbocycles. The van der Waals surface area contributed by atoms with Crippen molar-refractivity contribution in [3.8, 4) is 5.75 Å². The molecule has 0 bridgehead atoms. The maximum Gasteiger partial charge on any atom is 0.269 e. The lowest BCUT2D eigenvalue weighted by Gasteiger charge is -2.10. The van der Waals surface area contributed by atoms with Crippen LogP contribution in [0.25, 0.3) is 0 Å². The fourth-order valence-electron chi connectivity index (χ4n) is 2.37. The van der Waals surface area contributed by atoms with Crippen LogP contribution in [0.15, 0.2) is 48.5 Å². The number of hydrogen-bond donors (Lipinski definition) is 3. The summed E-state index contributed by atoms with van der Waals surface area (Å²) in [5.41, 5.74) is 5.44. The summed E-state index contributed by atoms with van der Waals surface area (Å²) in [6.45, 7) is 2.62. The Bertz CT molecular complexity index is 842. The third kappa shape index (κ3) is 6.59. The molecule has 2 rings (SSSR count). The number of ether oxygens (including phenoxy) is 1. The zero-order valence-electron chi connectivity index (χ0n) is 15.5. The highest BCUT2D eigenvalue weighted by atomic mass is 35.5. The molecule has 0 atom stereocenters. The molecule has 0 aromatic heterocycles. The molecule has 3 amide bonds. The van der Waals surface area contributed by atoms with Crippen LogP contribution in [-0.4, -0.2) is 30.9 Å². The van der Waals surface area contributed by atoms with Gasteiger partial charge in [-0.2, -0.15) is 0 Å². The van der Waals surface area contributed by atoms with E-state index in [1.165, 1.54) is 6.07 Å². The Morgan fingerprint density at radius 3 is 2.54 bits per heavy atom. The molecule has 0 heterocycles. The van der Waals surface area contributed by atoms with Crippen molar-refractivity contribution in [3.63, 3.8) is 0 Å². The second kappa shape index (κ2) is 10.9. The van der Waals surface area contributed by atoms with Crippen LogP contribution < -0.4 is 20.9 Å². The number of amides is 3. The van der Waals surface area contributed by atoms with E-state index in [0.717, 1.165) is 0 Å². The van der Waals surface area contributed by atoms with E-state index in [4.69, 9.17) is 16.3 Å². The average Bonchev–Trinajstić information content (AvgIpc) is 2.70. The van der Waals surface area contributed by atoms with Gasteiger partial charge in [-0.15, -0.1) is 0 Å². The van der Waals surface area contributed by atoms with Crippen molar-refractivity contribution in [2.45, 2.75) is 19.8 Å². The van der Waals surface area contributed by atoms with E-state index in [0.29, 0.717) is 41.5 Å². The van der Waals surface area contributed by atoms with Crippen molar-refractivity contribution >= 4 is 29.3 Å². The molecule has 0 saturated carbocycles. The number of benzene rings is 2. The third-order valence-corrected chi connectivity index (χ3v) is 3.94. The molecule has 0 unspecified atom stereocenters. The molecule has 148 valence electrons. The van der Waals surface area contributed by atoms with Crippen molar-refractivity contribution < 1.29 is 19.1 Å². The van der Waals surface area contributed by atoms with Gasteiger partial charge in [-0.25, -0.2) is 0 Å². The Kier molecular flexibility index (Phi) is 8.30. The number of rotatable bonds is 8. The Morgan fingerprint density at radius 1 is 1.00 bits per heavy atom. The molecule has 3 N–H and O–H groups in total. The molecular weight excluding hydrogens is 382 g/mol. The molecule has 28 heavy (non-hydrogen) atoms. The Hall–Kier alpha value is -3.06. The SMILES string of the molecule is CCOc1ccccc1C(=O)NCCCC(=O)NNC(=O)c1cccc(Cl)c1. The number of carbonyl (C=O) groups is 3. The summed E-state index contributed by atoms with van der Waals surface area (Å²) in [6.07, 6.45) is 0.560.